The number of hydrogen-bond donors (Lipinski definition) is 0. The number of hydrogen-bond acceptors (Lipinski definition) is 13. The lowest BCUT2D eigenvalue weighted by molar-refractivity contribution is -0.137. The number of carbonyl (C=O) groups is 1. The van der Waals surface area contributed by atoms with Crippen LogP contribution in [-0.4, -0.2) is 109 Å². The van der Waals surface area contributed by atoms with Crippen LogP contribution in [0.1, 0.15) is 68.7 Å². The van der Waals surface area contributed by atoms with Crippen LogP contribution in [0.5, 0.6) is 23.4 Å². The van der Waals surface area contributed by atoms with Crippen molar-refractivity contribution in [2.45, 2.75) is 114 Å². The van der Waals surface area contributed by atoms with Gasteiger partial charge in [0.1, 0.15) is 56.7 Å². The molecule has 71 heavy (non-hydrogen) atoms. The number of anilines is 2. The maximum Gasteiger partial charge on any atom is 0.417 e. The SMILES string of the molecule is COc1ccc(CN(Cc2ccc(OC)cc2)c2cc(-c3nc4c5c(nc(OCC6(S(C)(=O)=O)CC6)nc5c3F)N3C[C@H]5CC[C@@H]([C@H]3[C@H](C(F)F)O4)N5C(=O)OC(C)(C)C)c(C(F)(F)F)c(C)c2F)cc1. The third kappa shape index (κ3) is 9.27. The lowest BCUT2D eigenvalue weighted by atomic mass is 9.95. The van der Waals surface area contributed by atoms with Gasteiger partial charge in [0.2, 0.25) is 5.88 Å². The number of carbonyl (C=O) groups excluding carboxylic acids is 1. The second kappa shape index (κ2) is 18.1. The van der Waals surface area contributed by atoms with Gasteiger partial charge in [-0.25, -0.2) is 35.8 Å². The highest BCUT2D eigenvalue weighted by atomic mass is 32.2. The molecule has 3 aromatic carbocycles. The summed E-state index contributed by atoms with van der Waals surface area (Å²) in [5.74, 6) is -2.76. The molecule has 0 spiro atoms. The molecule has 14 nitrogen and oxygen atoms in total. The minimum absolute atomic E-state index is 0.0821. The molecule has 2 saturated heterocycles. The summed E-state index contributed by atoms with van der Waals surface area (Å²) in [6.07, 6.45) is -9.58. The Kier molecular flexibility index (Phi) is 12.6. The molecule has 4 aliphatic rings. The second-order valence-electron chi connectivity index (χ2n) is 19.4. The Morgan fingerprint density at radius 1 is 0.915 bits per heavy atom. The van der Waals surface area contributed by atoms with E-state index in [0.717, 1.165) is 19.2 Å². The van der Waals surface area contributed by atoms with Crippen molar-refractivity contribution in [2.75, 3.05) is 43.4 Å². The zero-order valence-electron chi connectivity index (χ0n) is 39.7. The van der Waals surface area contributed by atoms with E-state index in [2.05, 4.69) is 15.0 Å². The molecular weight excluding hydrogens is 966 g/mol. The van der Waals surface area contributed by atoms with Gasteiger partial charge in [0.25, 0.3) is 6.43 Å². The largest absolute Gasteiger partial charge is 0.497 e. The van der Waals surface area contributed by atoms with Gasteiger partial charge in [0.05, 0.1) is 43.6 Å². The minimum Gasteiger partial charge on any atom is -0.497 e. The molecule has 1 amide bonds. The van der Waals surface area contributed by atoms with Crippen molar-refractivity contribution in [3.63, 3.8) is 0 Å². The molecule has 5 aromatic rings. The van der Waals surface area contributed by atoms with Crippen molar-refractivity contribution in [3.05, 3.63) is 88.5 Å². The van der Waals surface area contributed by atoms with E-state index in [1.807, 2.05) is 0 Å². The van der Waals surface area contributed by atoms with E-state index in [1.54, 1.807) is 69.3 Å². The molecule has 0 radical (unpaired) electrons. The summed E-state index contributed by atoms with van der Waals surface area (Å²) in [5, 5.41) is -0.394. The first-order chi connectivity index (χ1) is 33.4. The maximum absolute atomic E-state index is 17.9. The monoisotopic (exact) mass is 1020 g/mol. The number of halogens is 7. The fourth-order valence-corrected chi connectivity index (χ4v) is 11.0. The van der Waals surface area contributed by atoms with Crippen molar-refractivity contribution in [1.82, 2.24) is 19.9 Å². The summed E-state index contributed by atoms with van der Waals surface area (Å²) in [4.78, 5) is 31.1. The molecule has 5 heterocycles. The van der Waals surface area contributed by atoms with Gasteiger partial charge in [-0.2, -0.15) is 23.1 Å². The number of aromatic nitrogens is 3. The highest BCUT2D eigenvalue weighted by Crippen LogP contribution is 2.50. The predicted molar refractivity (Wildman–Crippen MR) is 247 cm³/mol. The second-order valence-corrected chi connectivity index (χ2v) is 21.8. The molecule has 1 saturated carbocycles. The molecule has 2 aromatic heterocycles. The lowest BCUT2D eigenvalue weighted by Crippen LogP contribution is -2.67. The number of sulfone groups is 1. The van der Waals surface area contributed by atoms with Crippen LogP contribution in [0.3, 0.4) is 0 Å². The summed E-state index contributed by atoms with van der Waals surface area (Å²) in [6.45, 7) is 5.03. The van der Waals surface area contributed by atoms with Gasteiger partial charge in [-0.05, 0) is 100 Å². The van der Waals surface area contributed by atoms with E-state index in [-0.39, 0.29) is 44.7 Å². The summed E-state index contributed by atoms with van der Waals surface area (Å²) >= 11 is 0. The zero-order valence-corrected chi connectivity index (χ0v) is 40.6. The van der Waals surface area contributed by atoms with E-state index in [1.165, 1.54) is 28.9 Å². The molecule has 3 fully saturated rings. The fourth-order valence-electron chi connectivity index (χ4n) is 9.89. The van der Waals surface area contributed by atoms with Crippen molar-refractivity contribution in [2.24, 2.45) is 0 Å². The van der Waals surface area contributed by atoms with Gasteiger partial charge in [-0.3, -0.25) is 4.90 Å². The Morgan fingerprint density at radius 3 is 2.04 bits per heavy atom. The van der Waals surface area contributed by atoms with Gasteiger partial charge in [0.15, 0.2) is 21.8 Å². The number of alkyl halides is 5. The molecule has 380 valence electrons. The summed E-state index contributed by atoms with van der Waals surface area (Å²) < 4.78 is 165. The molecule has 2 bridgehead atoms. The normalized spacial score (nSPS) is 20.3. The Labute approximate surface area is 404 Å². The Morgan fingerprint density at radius 2 is 1.52 bits per heavy atom. The number of methoxy groups -OCH3 is 2. The average Bonchev–Trinajstić information content (AvgIpc) is 4.07. The highest BCUT2D eigenvalue weighted by molar-refractivity contribution is 7.92. The van der Waals surface area contributed by atoms with Gasteiger partial charge in [-0.15, -0.1) is 0 Å². The van der Waals surface area contributed by atoms with Gasteiger partial charge in [0, 0.05) is 31.5 Å². The van der Waals surface area contributed by atoms with Gasteiger partial charge < -0.3 is 33.5 Å². The van der Waals surface area contributed by atoms with Crippen LogP contribution < -0.4 is 28.7 Å². The quantitative estimate of drug-likeness (QED) is 0.103. The van der Waals surface area contributed by atoms with E-state index >= 15 is 30.7 Å². The van der Waals surface area contributed by atoms with Crippen LogP contribution in [0.2, 0.25) is 0 Å². The summed E-state index contributed by atoms with van der Waals surface area (Å²) in [5.41, 5.74) is -5.50. The lowest BCUT2D eigenvalue weighted by Gasteiger charge is -2.48. The number of fused-ring (bicyclic) bond motifs is 5. The van der Waals surface area contributed by atoms with Crippen molar-refractivity contribution < 1.29 is 67.6 Å². The van der Waals surface area contributed by atoms with Gasteiger partial charge >= 0.3 is 18.3 Å². The summed E-state index contributed by atoms with van der Waals surface area (Å²) in [7, 11) is -0.763. The topological polar surface area (TPSA) is 146 Å². The number of amides is 1. The molecule has 1 aliphatic carbocycles. The smallest absolute Gasteiger partial charge is 0.417 e. The molecular formula is C49H51F7N6O8S. The number of nitrogens with zero attached hydrogens (tertiary/aromatic N) is 6. The standard InChI is InChI=1S/C49H51F7N6O8S/c1-25-35(49(54,55)56)31(20-33(36(25)50)60(21-26-8-13-29(66-5)14-9-26)22-27-10-15-30(67-6)16-11-27)38-37(51)39-34-43(59-45(58-39)68-24-48(18-19-48)71(7,64)65)61-23-28-12-17-32(62(28)46(63)70-47(2,3)4)40(61)41(42(52)53)69-44(34)57-38/h8-11,13-16,20,28,32,40-42H,12,17-19,21-24H2,1-7H3/t28-,32+,40+,41-/m1/s1. The number of ether oxygens (including phenoxy) is 5. The van der Waals surface area contributed by atoms with Crippen molar-refractivity contribution in [3.8, 4) is 34.6 Å². The van der Waals surface area contributed by atoms with Crippen LogP contribution in [0.25, 0.3) is 22.2 Å². The first kappa shape index (κ1) is 49.7. The Hall–Kier alpha value is -6.32. The summed E-state index contributed by atoms with van der Waals surface area (Å²) in [6, 6.07) is 10.5. The highest BCUT2D eigenvalue weighted by Gasteiger charge is 2.57. The molecule has 0 N–H and O–H groups in total. The van der Waals surface area contributed by atoms with Crippen LogP contribution in [0.4, 0.5) is 47.0 Å². The first-order valence-electron chi connectivity index (χ1n) is 22.8. The Bertz CT molecular complexity index is 2940. The average molecular weight is 1020 g/mol. The molecule has 4 atom stereocenters. The van der Waals surface area contributed by atoms with Crippen molar-refractivity contribution in [1.29, 1.82) is 0 Å². The van der Waals surface area contributed by atoms with Crippen LogP contribution in [0, 0.1) is 18.6 Å². The number of benzene rings is 3. The van der Waals surface area contributed by atoms with Crippen molar-refractivity contribution >= 4 is 38.3 Å². The fraction of sp³-hybridized carbons (Fsp3) is 0.469. The minimum atomic E-state index is -5.35. The maximum atomic E-state index is 17.9. The Balaban J connectivity index is 1.26. The molecule has 9 rings (SSSR count). The molecule has 0 unspecified atom stereocenters. The molecule has 22 heteroatoms. The van der Waals surface area contributed by atoms with E-state index in [4.69, 9.17) is 23.7 Å². The van der Waals surface area contributed by atoms with E-state index < -0.39 is 132 Å². The van der Waals surface area contributed by atoms with Crippen LogP contribution >= 0.6 is 0 Å². The van der Waals surface area contributed by atoms with Crippen LogP contribution in [-0.2, 0) is 33.8 Å². The molecule has 3 aliphatic heterocycles. The third-order valence-electron chi connectivity index (χ3n) is 13.6. The predicted octanol–water partition coefficient (Wildman–Crippen LogP) is 9.46. The van der Waals surface area contributed by atoms with Gasteiger partial charge in [-0.1, -0.05) is 24.3 Å². The number of rotatable bonds is 13. The van der Waals surface area contributed by atoms with E-state index in [0.29, 0.717) is 29.0 Å². The number of pyridine rings is 1. The third-order valence-corrected chi connectivity index (χ3v) is 15.7. The van der Waals surface area contributed by atoms with E-state index in [9.17, 15) is 13.2 Å². The number of piperazine rings is 1. The zero-order chi connectivity index (χ0) is 51.1. The van der Waals surface area contributed by atoms with Crippen LogP contribution in [0.15, 0.2) is 54.6 Å². The first-order valence-corrected chi connectivity index (χ1v) is 24.7.